The third kappa shape index (κ3) is 5.28. The lowest BCUT2D eigenvalue weighted by Crippen LogP contribution is -2.47. The van der Waals surface area contributed by atoms with Gasteiger partial charge in [0.25, 0.3) is 5.91 Å². The van der Waals surface area contributed by atoms with Gasteiger partial charge in [0.05, 0.1) is 4.90 Å². The van der Waals surface area contributed by atoms with Gasteiger partial charge in [0, 0.05) is 37.4 Å². The van der Waals surface area contributed by atoms with Crippen LogP contribution in [0.3, 0.4) is 0 Å². The van der Waals surface area contributed by atoms with E-state index in [4.69, 9.17) is 0 Å². The number of sulfonamides is 1. The molecule has 162 valence electrons. The highest BCUT2D eigenvalue weighted by Crippen LogP contribution is 2.22. The van der Waals surface area contributed by atoms with Crippen molar-refractivity contribution < 1.29 is 13.2 Å². The molecule has 1 N–H and O–H groups in total. The van der Waals surface area contributed by atoms with E-state index in [0.29, 0.717) is 37.4 Å². The van der Waals surface area contributed by atoms with Crippen molar-refractivity contribution >= 4 is 21.6 Å². The van der Waals surface area contributed by atoms with Crippen LogP contribution in [0.1, 0.15) is 41.3 Å². The van der Waals surface area contributed by atoms with Crippen molar-refractivity contribution in [2.75, 3.05) is 38.5 Å². The van der Waals surface area contributed by atoms with Crippen LogP contribution < -0.4 is 5.32 Å². The maximum absolute atomic E-state index is 13.0. The number of benzene rings is 2. The Balaban J connectivity index is 1.76. The second kappa shape index (κ2) is 9.73. The van der Waals surface area contributed by atoms with Crippen LogP contribution >= 0.6 is 0 Å². The third-order valence-corrected chi connectivity index (χ3v) is 7.48. The summed E-state index contributed by atoms with van der Waals surface area (Å²) in [6, 6.07) is 12.6. The normalized spacial score (nSPS) is 15.8. The maximum atomic E-state index is 13.0. The molecular weight excluding hydrogens is 398 g/mol. The minimum absolute atomic E-state index is 0.165. The number of aryl methyl sites for hydroxylation is 2. The summed E-state index contributed by atoms with van der Waals surface area (Å²) in [7, 11) is -1.64. The number of unbranched alkanes of at least 4 members (excludes halogenated alkanes) is 1. The molecular formula is C23H31N3O3S. The minimum atomic E-state index is -3.62. The van der Waals surface area contributed by atoms with Crippen LogP contribution in [0.15, 0.2) is 47.4 Å². The molecule has 0 saturated carbocycles. The number of likely N-dealkylation sites (N-methyl/N-ethyl adjacent to an activating group) is 1. The van der Waals surface area contributed by atoms with E-state index in [1.807, 2.05) is 38.2 Å². The Bertz CT molecular complexity index is 979. The predicted octanol–water partition coefficient (Wildman–Crippen LogP) is 3.53. The molecule has 0 bridgehead atoms. The number of piperazine rings is 1. The summed E-state index contributed by atoms with van der Waals surface area (Å²) in [5.74, 6) is -0.302. The Morgan fingerprint density at radius 2 is 1.70 bits per heavy atom. The van der Waals surface area contributed by atoms with Gasteiger partial charge in [-0.15, -0.1) is 0 Å². The highest BCUT2D eigenvalue weighted by molar-refractivity contribution is 7.89. The summed E-state index contributed by atoms with van der Waals surface area (Å²) in [5.41, 5.74) is 3.06. The van der Waals surface area contributed by atoms with E-state index in [1.165, 1.54) is 15.9 Å². The van der Waals surface area contributed by atoms with Gasteiger partial charge >= 0.3 is 0 Å². The number of hydrogen-bond acceptors (Lipinski definition) is 4. The number of carbonyl (C=O) groups is 1. The van der Waals surface area contributed by atoms with E-state index in [0.717, 1.165) is 24.8 Å². The van der Waals surface area contributed by atoms with Crippen LogP contribution in [0.5, 0.6) is 0 Å². The second-order valence-corrected chi connectivity index (χ2v) is 9.88. The van der Waals surface area contributed by atoms with Crippen molar-refractivity contribution in [2.45, 2.75) is 38.0 Å². The molecule has 0 unspecified atom stereocenters. The molecule has 1 fully saturated rings. The second-order valence-electron chi connectivity index (χ2n) is 7.94. The molecule has 2 aromatic rings. The lowest BCUT2D eigenvalue weighted by atomic mass is 10.1. The summed E-state index contributed by atoms with van der Waals surface area (Å²) < 4.78 is 27.6. The molecule has 0 radical (unpaired) electrons. The lowest BCUT2D eigenvalue weighted by molar-refractivity contribution is 0.102. The molecule has 2 aromatic carbocycles. The number of anilines is 1. The van der Waals surface area contributed by atoms with Gasteiger partial charge in [-0.3, -0.25) is 4.79 Å². The molecule has 3 rings (SSSR count). The molecule has 0 atom stereocenters. The highest BCUT2D eigenvalue weighted by Gasteiger charge is 2.28. The first-order chi connectivity index (χ1) is 14.3. The van der Waals surface area contributed by atoms with Gasteiger partial charge in [-0.25, -0.2) is 8.42 Å². The summed E-state index contributed by atoms with van der Waals surface area (Å²) >= 11 is 0. The Morgan fingerprint density at radius 3 is 2.33 bits per heavy atom. The molecule has 1 heterocycles. The van der Waals surface area contributed by atoms with Gasteiger partial charge in [-0.2, -0.15) is 4.31 Å². The molecule has 30 heavy (non-hydrogen) atoms. The van der Waals surface area contributed by atoms with E-state index >= 15 is 0 Å². The van der Waals surface area contributed by atoms with E-state index in [1.54, 1.807) is 12.1 Å². The van der Waals surface area contributed by atoms with Crippen LogP contribution in [0.4, 0.5) is 5.69 Å². The van der Waals surface area contributed by atoms with Crippen molar-refractivity contribution in [2.24, 2.45) is 0 Å². The Kier molecular flexibility index (Phi) is 7.28. The number of nitrogens with one attached hydrogen (secondary N) is 1. The van der Waals surface area contributed by atoms with Crippen LogP contribution in [0.25, 0.3) is 0 Å². The number of carbonyl (C=O) groups excluding carboxylic acids is 1. The maximum Gasteiger partial charge on any atom is 0.255 e. The molecule has 1 amide bonds. The van der Waals surface area contributed by atoms with Gasteiger partial charge in [0.15, 0.2) is 0 Å². The van der Waals surface area contributed by atoms with Gasteiger partial charge in [0.1, 0.15) is 0 Å². The third-order valence-electron chi connectivity index (χ3n) is 5.58. The Hall–Kier alpha value is -2.22. The van der Waals surface area contributed by atoms with Gasteiger partial charge < -0.3 is 10.2 Å². The monoisotopic (exact) mass is 429 g/mol. The summed E-state index contributed by atoms with van der Waals surface area (Å²) in [6.45, 7) is 6.29. The highest BCUT2D eigenvalue weighted by atomic mass is 32.2. The van der Waals surface area contributed by atoms with Crippen molar-refractivity contribution in [3.05, 3.63) is 59.2 Å². The van der Waals surface area contributed by atoms with E-state index < -0.39 is 10.0 Å². The number of nitrogens with zero attached hydrogens (tertiary/aromatic N) is 2. The van der Waals surface area contributed by atoms with Crippen molar-refractivity contribution in [1.82, 2.24) is 9.21 Å². The number of rotatable bonds is 7. The standard InChI is InChI=1S/C23H31N3O3S/c1-4-5-6-19-8-10-20(11-9-19)24-23(27)22-17-21(12-7-18(22)2)30(28,29)26-15-13-25(3)14-16-26/h7-12,17H,4-6,13-16H2,1-3H3,(H,24,27). The summed E-state index contributed by atoms with van der Waals surface area (Å²) in [4.78, 5) is 15.1. The zero-order chi connectivity index (χ0) is 21.7. The molecule has 1 aliphatic rings. The fraction of sp³-hybridized carbons (Fsp3) is 0.435. The molecule has 0 spiro atoms. The Morgan fingerprint density at radius 1 is 1.03 bits per heavy atom. The van der Waals surface area contributed by atoms with Crippen molar-refractivity contribution in [1.29, 1.82) is 0 Å². The molecule has 7 heteroatoms. The average Bonchev–Trinajstić information content (AvgIpc) is 2.73. The van der Waals surface area contributed by atoms with E-state index in [2.05, 4.69) is 17.1 Å². The van der Waals surface area contributed by atoms with E-state index in [-0.39, 0.29) is 10.8 Å². The van der Waals surface area contributed by atoms with Crippen LogP contribution in [0, 0.1) is 6.92 Å². The zero-order valence-electron chi connectivity index (χ0n) is 18.0. The molecule has 1 aliphatic heterocycles. The number of hydrogen-bond donors (Lipinski definition) is 1. The van der Waals surface area contributed by atoms with Crippen LogP contribution in [0.2, 0.25) is 0 Å². The first kappa shape index (κ1) is 22.5. The van der Waals surface area contributed by atoms with Crippen LogP contribution in [-0.2, 0) is 16.4 Å². The molecule has 0 aliphatic carbocycles. The summed E-state index contributed by atoms with van der Waals surface area (Å²) in [5, 5.41) is 2.89. The minimum Gasteiger partial charge on any atom is -0.322 e. The van der Waals surface area contributed by atoms with Crippen molar-refractivity contribution in [3.63, 3.8) is 0 Å². The first-order valence-corrected chi connectivity index (χ1v) is 11.9. The molecule has 1 saturated heterocycles. The zero-order valence-corrected chi connectivity index (χ0v) is 18.8. The van der Waals surface area contributed by atoms with Gasteiger partial charge in [0.2, 0.25) is 10.0 Å². The Labute approximate surface area is 179 Å². The first-order valence-electron chi connectivity index (χ1n) is 10.5. The predicted molar refractivity (Wildman–Crippen MR) is 120 cm³/mol. The fourth-order valence-corrected chi connectivity index (χ4v) is 4.97. The van der Waals surface area contributed by atoms with Crippen molar-refractivity contribution in [3.8, 4) is 0 Å². The SMILES string of the molecule is CCCCc1ccc(NC(=O)c2cc(S(=O)(=O)N3CCN(C)CC3)ccc2C)cc1. The van der Waals surface area contributed by atoms with Gasteiger partial charge in [-0.1, -0.05) is 31.5 Å². The number of amides is 1. The lowest BCUT2D eigenvalue weighted by Gasteiger charge is -2.31. The molecule has 0 aromatic heterocycles. The van der Waals surface area contributed by atoms with Gasteiger partial charge in [-0.05, 0) is 62.2 Å². The molecule has 6 nitrogen and oxygen atoms in total. The fourth-order valence-electron chi connectivity index (χ4n) is 3.52. The average molecular weight is 430 g/mol. The smallest absolute Gasteiger partial charge is 0.255 e. The quantitative estimate of drug-likeness (QED) is 0.731. The summed E-state index contributed by atoms with van der Waals surface area (Å²) in [6.07, 6.45) is 3.31. The topological polar surface area (TPSA) is 69.7 Å². The largest absolute Gasteiger partial charge is 0.322 e. The van der Waals surface area contributed by atoms with Crippen LogP contribution in [-0.4, -0.2) is 56.8 Å². The van der Waals surface area contributed by atoms with E-state index in [9.17, 15) is 13.2 Å².